The molecule has 1 aliphatic rings. The summed E-state index contributed by atoms with van der Waals surface area (Å²) in [6, 6.07) is 13.1. The molecule has 1 amide bonds. The van der Waals surface area contributed by atoms with E-state index in [0.717, 1.165) is 22.4 Å². The van der Waals surface area contributed by atoms with Crippen molar-refractivity contribution in [3.8, 4) is 0 Å². The minimum absolute atomic E-state index is 0.101. The highest BCUT2D eigenvalue weighted by atomic mass is 32.2. The van der Waals surface area contributed by atoms with Gasteiger partial charge in [0.2, 0.25) is 0 Å². The van der Waals surface area contributed by atoms with Crippen LogP contribution in [0, 0.1) is 6.92 Å². The summed E-state index contributed by atoms with van der Waals surface area (Å²) in [6.45, 7) is 4.24. The van der Waals surface area contributed by atoms with Gasteiger partial charge in [0.15, 0.2) is 5.65 Å². The van der Waals surface area contributed by atoms with E-state index >= 15 is 0 Å². The molecule has 5 rings (SSSR count). The number of nitrogens with zero attached hydrogens (tertiary/aromatic N) is 6. The number of sulfonamides is 1. The SMILES string of the molecule is Cc1ccc(NS(=O)(=O)c2ccc(C(=O)N3CCN(c4ncnc5c4cnn5C)CC3)cc2)cc1. The Morgan fingerprint density at radius 3 is 2.31 bits per heavy atom. The molecule has 35 heavy (non-hydrogen) atoms. The number of aromatic nitrogens is 4. The molecule has 10 nitrogen and oxygen atoms in total. The molecule has 1 fully saturated rings. The molecule has 2 aromatic carbocycles. The van der Waals surface area contributed by atoms with Crippen molar-refractivity contribution in [1.82, 2.24) is 24.6 Å². The molecular formula is C24H25N7O3S. The molecule has 0 spiro atoms. The van der Waals surface area contributed by atoms with E-state index in [9.17, 15) is 13.2 Å². The normalized spacial score (nSPS) is 14.3. The summed E-state index contributed by atoms with van der Waals surface area (Å²) in [5, 5.41) is 5.14. The van der Waals surface area contributed by atoms with Crippen LogP contribution in [-0.4, -0.2) is 65.2 Å². The van der Waals surface area contributed by atoms with E-state index in [4.69, 9.17) is 0 Å². The maximum absolute atomic E-state index is 13.0. The molecule has 0 radical (unpaired) electrons. The predicted octanol–water partition coefficient (Wildman–Crippen LogP) is 2.43. The van der Waals surface area contributed by atoms with Crippen molar-refractivity contribution < 1.29 is 13.2 Å². The maximum atomic E-state index is 13.0. The molecule has 4 aromatic rings. The maximum Gasteiger partial charge on any atom is 0.261 e. The van der Waals surface area contributed by atoms with Gasteiger partial charge in [-0.25, -0.2) is 18.4 Å². The predicted molar refractivity (Wildman–Crippen MR) is 133 cm³/mol. The van der Waals surface area contributed by atoms with Gasteiger partial charge in [-0.15, -0.1) is 0 Å². The molecule has 1 aliphatic heterocycles. The summed E-state index contributed by atoms with van der Waals surface area (Å²) in [5.74, 6) is 0.681. The number of amides is 1. The molecule has 1 saturated heterocycles. The van der Waals surface area contributed by atoms with Gasteiger partial charge in [0, 0.05) is 44.5 Å². The first kappa shape index (κ1) is 22.8. The quantitative estimate of drug-likeness (QED) is 0.456. The fourth-order valence-corrected chi connectivity index (χ4v) is 5.18. The number of hydrogen-bond donors (Lipinski definition) is 1. The molecule has 0 saturated carbocycles. The first-order valence-corrected chi connectivity index (χ1v) is 12.7. The minimum Gasteiger partial charge on any atom is -0.352 e. The molecule has 0 bridgehead atoms. The van der Waals surface area contributed by atoms with Gasteiger partial charge in [-0.05, 0) is 43.3 Å². The zero-order valence-electron chi connectivity index (χ0n) is 19.4. The van der Waals surface area contributed by atoms with Crippen molar-refractivity contribution in [2.45, 2.75) is 11.8 Å². The Balaban J connectivity index is 1.24. The summed E-state index contributed by atoms with van der Waals surface area (Å²) in [6.07, 6.45) is 3.28. The number of anilines is 2. The van der Waals surface area contributed by atoms with Gasteiger partial charge in [-0.2, -0.15) is 5.10 Å². The van der Waals surface area contributed by atoms with E-state index < -0.39 is 10.0 Å². The third-order valence-electron chi connectivity index (χ3n) is 6.09. The monoisotopic (exact) mass is 491 g/mol. The number of fused-ring (bicyclic) bond motifs is 1. The minimum atomic E-state index is -3.75. The topological polar surface area (TPSA) is 113 Å². The molecule has 1 N–H and O–H groups in total. The van der Waals surface area contributed by atoms with Crippen LogP contribution in [-0.2, 0) is 17.1 Å². The lowest BCUT2D eigenvalue weighted by Gasteiger charge is -2.35. The van der Waals surface area contributed by atoms with Gasteiger partial charge >= 0.3 is 0 Å². The highest BCUT2D eigenvalue weighted by molar-refractivity contribution is 7.92. The van der Waals surface area contributed by atoms with Crippen LogP contribution in [0.15, 0.2) is 66.0 Å². The van der Waals surface area contributed by atoms with Crippen LogP contribution in [0.4, 0.5) is 11.5 Å². The van der Waals surface area contributed by atoms with Crippen molar-refractivity contribution >= 4 is 38.5 Å². The van der Waals surface area contributed by atoms with Crippen LogP contribution in [0.25, 0.3) is 11.0 Å². The van der Waals surface area contributed by atoms with Gasteiger partial charge in [-0.1, -0.05) is 17.7 Å². The molecule has 0 aliphatic carbocycles. The Morgan fingerprint density at radius 2 is 1.63 bits per heavy atom. The van der Waals surface area contributed by atoms with E-state index in [2.05, 4.69) is 24.7 Å². The number of rotatable bonds is 5. The average Bonchev–Trinajstić information content (AvgIpc) is 3.26. The number of nitrogens with one attached hydrogen (secondary N) is 1. The summed E-state index contributed by atoms with van der Waals surface area (Å²) >= 11 is 0. The Kier molecular flexibility index (Phi) is 5.85. The molecular weight excluding hydrogens is 466 g/mol. The first-order chi connectivity index (χ1) is 16.8. The lowest BCUT2D eigenvalue weighted by Crippen LogP contribution is -2.49. The number of aryl methyl sites for hydroxylation is 2. The van der Waals surface area contributed by atoms with Gasteiger partial charge in [0.1, 0.15) is 12.1 Å². The molecule has 11 heteroatoms. The number of carbonyl (C=O) groups is 1. The van der Waals surface area contributed by atoms with Crippen molar-refractivity contribution in [3.63, 3.8) is 0 Å². The third kappa shape index (κ3) is 4.54. The average molecular weight is 492 g/mol. The second-order valence-electron chi connectivity index (χ2n) is 8.48. The summed E-state index contributed by atoms with van der Waals surface area (Å²) in [5.41, 5.74) is 2.74. The number of hydrogen-bond acceptors (Lipinski definition) is 7. The van der Waals surface area contributed by atoms with E-state index in [1.165, 1.54) is 18.5 Å². The van der Waals surface area contributed by atoms with Crippen LogP contribution >= 0.6 is 0 Å². The molecule has 180 valence electrons. The fraction of sp³-hybridized carbons (Fsp3) is 0.250. The van der Waals surface area contributed by atoms with Crippen molar-refractivity contribution in [1.29, 1.82) is 0 Å². The van der Waals surface area contributed by atoms with E-state index in [1.807, 2.05) is 26.1 Å². The fourth-order valence-electron chi connectivity index (χ4n) is 4.12. The van der Waals surface area contributed by atoms with Crippen molar-refractivity contribution in [2.75, 3.05) is 35.8 Å². The van der Waals surface area contributed by atoms with Gasteiger partial charge < -0.3 is 9.80 Å². The highest BCUT2D eigenvalue weighted by Crippen LogP contribution is 2.24. The number of carbonyl (C=O) groups excluding carboxylic acids is 1. The smallest absolute Gasteiger partial charge is 0.261 e. The Labute approximate surface area is 203 Å². The van der Waals surface area contributed by atoms with Gasteiger partial charge in [0.25, 0.3) is 15.9 Å². The van der Waals surface area contributed by atoms with Crippen molar-refractivity contribution in [2.24, 2.45) is 7.05 Å². The van der Waals surface area contributed by atoms with Crippen LogP contribution in [0.1, 0.15) is 15.9 Å². The largest absolute Gasteiger partial charge is 0.352 e. The standard InChI is InChI=1S/C24H25N7O3S/c1-17-3-7-19(8-4-17)28-35(33,34)20-9-5-18(6-10-20)24(32)31-13-11-30(12-14-31)23-21-15-27-29(2)22(21)25-16-26-23/h3-10,15-16,28H,11-14H2,1-2H3. The van der Waals surface area contributed by atoms with Crippen LogP contribution in [0.2, 0.25) is 0 Å². The lowest BCUT2D eigenvalue weighted by molar-refractivity contribution is 0.0746. The van der Waals surface area contributed by atoms with Crippen LogP contribution < -0.4 is 9.62 Å². The van der Waals surface area contributed by atoms with E-state index in [-0.39, 0.29) is 10.8 Å². The van der Waals surface area contributed by atoms with E-state index in [0.29, 0.717) is 37.4 Å². The Morgan fingerprint density at radius 1 is 0.943 bits per heavy atom. The zero-order chi connectivity index (χ0) is 24.6. The molecule has 2 aromatic heterocycles. The molecule has 0 unspecified atom stereocenters. The second kappa shape index (κ2) is 8.99. The number of piperazine rings is 1. The Hall–Kier alpha value is -3.99. The van der Waals surface area contributed by atoms with Gasteiger partial charge in [-0.3, -0.25) is 14.2 Å². The van der Waals surface area contributed by atoms with E-state index in [1.54, 1.807) is 40.0 Å². The first-order valence-electron chi connectivity index (χ1n) is 11.2. The zero-order valence-corrected chi connectivity index (χ0v) is 20.2. The van der Waals surface area contributed by atoms with Crippen LogP contribution in [0.3, 0.4) is 0 Å². The van der Waals surface area contributed by atoms with Gasteiger partial charge in [0.05, 0.1) is 16.5 Å². The highest BCUT2D eigenvalue weighted by Gasteiger charge is 2.25. The summed E-state index contributed by atoms with van der Waals surface area (Å²) < 4.78 is 29.7. The third-order valence-corrected chi connectivity index (χ3v) is 7.49. The molecule has 0 atom stereocenters. The Bertz CT molecular complexity index is 1470. The number of benzene rings is 2. The lowest BCUT2D eigenvalue weighted by atomic mass is 10.2. The van der Waals surface area contributed by atoms with Crippen LogP contribution in [0.5, 0.6) is 0 Å². The summed E-state index contributed by atoms with van der Waals surface area (Å²) in [7, 11) is -1.91. The molecule has 3 heterocycles. The second-order valence-corrected chi connectivity index (χ2v) is 10.2. The van der Waals surface area contributed by atoms with Crippen molar-refractivity contribution in [3.05, 3.63) is 72.2 Å². The summed E-state index contributed by atoms with van der Waals surface area (Å²) in [4.78, 5) is 25.8.